The minimum atomic E-state index is 0.202. The van der Waals surface area contributed by atoms with E-state index in [1.165, 1.54) is 6.42 Å². The van der Waals surface area contributed by atoms with E-state index in [1.54, 1.807) is 12.4 Å². The third-order valence-electron chi connectivity index (χ3n) is 2.86. The number of nitrogens with one attached hydrogen (secondary N) is 1. The van der Waals surface area contributed by atoms with Gasteiger partial charge in [0.15, 0.2) is 0 Å². The topological polar surface area (TPSA) is 56.3 Å². The zero-order valence-electron chi connectivity index (χ0n) is 10.9. The lowest BCUT2D eigenvalue weighted by molar-refractivity contribution is -0.0119. The first kappa shape index (κ1) is 13.1. The summed E-state index contributed by atoms with van der Waals surface area (Å²) >= 11 is 0. The van der Waals surface area contributed by atoms with E-state index in [0.717, 1.165) is 38.2 Å². The van der Waals surface area contributed by atoms with Crippen LogP contribution in [0.25, 0.3) is 0 Å². The van der Waals surface area contributed by atoms with E-state index in [4.69, 9.17) is 9.47 Å². The molecule has 1 fully saturated rings. The van der Waals surface area contributed by atoms with E-state index in [9.17, 15) is 0 Å². The van der Waals surface area contributed by atoms with Crippen molar-refractivity contribution in [3.05, 3.63) is 12.4 Å². The molecule has 0 saturated carbocycles. The van der Waals surface area contributed by atoms with Crippen LogP contribution in [0.4, 0.5) is 5.82 Å². The summed E-state index contributed by atoms with van der Waals surface area (Å²) in [5.41, 5.74) is 0. The molecule has 1 aromatic heterocycles. The van der Waals surface area contributed by atoms with Gasteiger partial charge in [-0.3, -0.25) is 4.98 Å². The Labute approximate surface area is 108 Å². The number of hydrogen-bond acceptors (Lipinski definition) is 5. The van der Waals surface area contributed by atoms with Crippen LogP contribution in [0.1, 0.15) is 32.6 Å². The second-order valence-corrected chi connectivity index (χ2v) is 4.47. The summed E-state index contributed by atoms with van der Waals surface area (Å²) in [6.45, 7) is 4.41. The van der Waals surface area contributed by atoms with Crippen molar-refractivity contribution in [3.8, 4) is 5.88 Å². The average molecular weight is 251 g/mol. The van der Waals surface area contributed by atoms with Crippen molar-refractivity contribution in [2.45, 2.75) is 38.7 Å². The average Bonchev–Trinajstić information content (AvgIpc) is 2.44. The van der Waals surface area contributed by atoms with Crippen molar-refractivity contribution < 1.29 is 9.47 Å². The van der Waals surface area contributed by atoms with Crippen LogP contribution in [0.2, 0.25) is 0 Å². The summed E-state index contributed by atoms with van der Waals surface area (Å²) in [5, 5.41) is 3.19. The van der Waals surface area contributed by atoms with Crippen molar-refractivity contribution in [3.63, 3.8) is 0 Å². The van der Waals surface area contributed by atoms with Crippen LogP contribution in [-0.4, -0.2) is 35.8 Å². The number of rotatable bonds is 6. The Morgan fingerprint density at radius 2 is 2.39 bits per heavy atom. The van der Waals surface area contributed by atoms with E-state index in [0.29, 0.717) is 12.5 Å². The number of anilines is 1. The van der Waals surface area contributed by atoms with Crippen molar-refractivity contribution in [1.82, 2.24) is 9.97 Å². The molecule has 1 atom stereocenters. The maximum atomic E-state index is 5.63. The van der Waals surface area contributed by atoms with Gasteiger partial charge < -0.3 is 14.8 Å². The highest BCUT2D eigenvalue weighted by atomic mass is 16.5. The molecule has 0 aromatic carbocycles. The first-order valence-corrected chi connectivity index (χ1v) is 6.69. The zero-order valence-corrected chi connectivity index (χ0v) is 10.9. The summed E-state index contributed by atoms with van der Waals surface area (Å²) in [5.74, 6) is 1.32. The van der Waals surface area contributed by atoms with E-state index in [1.807, 2.05) is 0 Å². The largest absolute Gasteiger partial charge is 0.474 e. The predicted molar refractivity (Wildman–Crippen MR) is 69.9 cm³/mol. The van der Waals surface area contributed by atoms with E-state index >= 15 is 0 Å². The molecule has 0 amide bonds. The summed E-state index contributed by atoms with van der Waals surface area (Å²) in [7, 11) is 0. The van der Waals surface area contributed by atoms with Crippen LogP contribution in [0, 0.1) is 0 Å². The van der Waals surface area contributed by atoms with Crippen molar-refractivity contribution in [2.75, 3.05) is 25.1 Å². The molecular formula is C13H21N3O2. The molecule has 1 aliphatic rings. The molecule has 1 aromatic rings. The van der Waals surface area contributed by atoms with Gasteiger partial charge in [-0.1, -0.05) is 6.92 Å². The Morgan fingerprint density at radius 3 is 3.17 bits per heavy atom. The highest BCUT2D eigenvalue weighted by Crippen LogP contribution is 2.15. The van der Waals surface area contributed by atoms with Crippen molar-refractivity contribution >= 4 is 5.82 Å². The molecule has 0 aliphatic carbocycles. The SMILES string of the molecule is CCCNc1cncc(OCC2CCCCO2)n1. The number of nitrogens with zero attached hydrogens (tertiary/aromatic N) is 2. The Morgan fingerprint density at radius 1 is 1.44 bits per heavy atom. The van der Waals surface area contributed by atoms with Gasteiger partial charge in [-0.15, -0.1) is 0 Å². The lowest BCUT2D eigenvalue weighted by Crippen LogP contribution is -2.26. The van der Waals surface area contributed by atoms with Gasteiger partial charge in [0, 0.05) is 13.2 Å². The van der Waals surface area contributed by atoms with Gasteiger partial charge in [-0.2, -0.15) is 4.98 Å². The fourth-order valence-corrected chi connectivity index (χ4v) is 1.87. The van der Waals surface area contributed by atoms with Gasteiger partial charge in [-0.05, 0) is 25.7 Å². The molecule has 0 spiro atoms. The zero-order chi connectivity index (χ0) is 12.6. The summed E-state index contributed by atoms with van der Waals surface area (Å²) < 4.78 is 11.2. The van der Waals surface area contributed by atoms with Crippen molar-refractivity contribution in [2.24, 2.45) is 0 Å². The Kier molecular flexibility index (Phi) is 5.20. The molecule has 1 N–H and O–H groups in total. The monoisotopic (exact) mass is 251 g/mol. The minimum absolute atomic E-state index is 0.202. The number of hydrogen-bond donors (Lipinski definition) is 1. The first-order chi connectivity index (χ1) is 8.88. The van der Waals surface area contributed by atoms with Gasteiger partial charge in [0.2, 0.25) is 5.88 Å². The molecule has 0 bridgehead atoms. The minimum Gasteiger partial charge on any atom is -0.474 e. The van der Waals surface area contributed by atoms with Gasteiger partial charge in [0.1, 0.15) is 12.4 Å². The molecule has 100 valence electrons. The lowest BCUT2D eigenvalue weighted by atomic mass is 10.1. The second kappa shape index (κ2) is 7.16. The van der Waals surface area contributed by atoms with E-state index < -0.39 is 0 Å². The van der Waals surface area contributed by atoms with Crippen molar-refractivity contribution in [1.29, 1.82) is 0 Å². The van der Waals surface area contributed by atoms with Crippen LogP contribution in [0.15, 0.2) is 12.4 Å². The van der Waals surface area contributed by atoms with Crippen LogP contribution >= 0.6 is 0 Å². The van der Waals surface area contributed by atoms with Crippen LogP contribution in [-0.2, 0) is 4.74 Å². The van der Waals surface area contributed by atoms with Crippen LogP contribution in [0.5, 0.6) is 5.88 Å². The maximum absolute atomic E-state index is 5.63. The maximum Gasteiger partial charge on any atom is 0.234 e. The Balaban J connectivity index is 1.80. The van der Waals surface area contributed by atoms with E-state index in [2.05, 4.69) is 22.2 Å². The third kappa shape index (κ3) is 4.14. The summed E-state index contributed by atoms with van der Waals surface area (Å²) in [6, 6.07) is 0. The molecule has 2 rings (SSSR count). The summed E-state index contributed by atoms with van der Waals surface area (Å²) in [6.07, 6.45) is 8.06. The fourth-order valence-electron chi connectivity index (χ4n) is 1.87. The first-order valence-electron chi connectivity index (χ1n) is 6.69. The fraction of sp³-hybridized carbons (Fsp3) is 0.692. The second-order valence-electron chi connectivity index (χ2n) is 4.47. The highest BCUT2D eigenvalue weighted by Gasteiger charge is 2.14. The van der Waals surface area contributed by atoms with Crippen LogP contribution < -0.4 is 10.1 Å². The quantitative estimate of drug-likeness (QED) is 0.840. The molecule has 1 saturated heterocycles. The third-order valence-corrected chi connectivity index (χ3v) is 2.86. The molecule has 5 nitrogen and oxygen atoms in total. The Bertz CT molecular complexity index is 354. The molecule has 1 aliphatic heterocycles. The molecule has 2 heterocycles. The predicted octanol–water partition coefficient (Wildman–Crippen LogP) is 2.25. The molecule has 1 unspecified atom stereocenters. The molecule has 18 heavy (non-hydrogen) atoms. The summed E-state index contributed by atoms with van der Waals surface area (Å²) in [4.78, 5) is 8.45. The van der Waals surface area contributed by atoms with Gasteiger partial charge in [-0.25, -0.2) is 0 Å². The molecule has 5 heteroatoms. The smallest absolute Gasteiger partial charge is 0.234 e. The Hall–Kier alpha value is -1.36. The van der Waals surface area contributed by atoms with Gasteiger partial charge in [0.25, 0.3) is 0 Å². The van der Waals surface area contributed by atoms with Crippen LogP contribution in [0.3, 0.4) is 0 Å². The normalized spacial score (nSPS) is 19.5. The molecular weight excluding hydrogens is 230 g/mol. The highest BCUT2D eigenvalue weighted by molar-refractivity contribution is 5.32. The standard InChI is InChI=1S/C13H21N3O2/c1-2-6-15-12-8-14-9-13(16-12)18-10-11-5-3-4-7-17-11/h8-9,11H,2-7,10H2,1H3,(H,15,16). The lowest BCUT2D eigenvalue weighted by Gasteiger charge is -2.22. The number of aromatic nitrogens is 2. The molecule has 0 radical (unpaired) electrons. The van der Waals surface area contributed by atoms with Gasteiger partial charge in [0.05, 0.1) is 18.5 Å². The van der Waals surface area contributed by atoms with E-state index in [-0.39, 0.29) is 6.10 Å². The van der Waals surface area contributed by atoms with Gasteiger partial charge >= 0.3 is 0 Å². The number of ether oxygens (including phenoxy) is 2.